The van der Waals surface area contributed by atoms with E-state index in [0.29, 0.717) is 0 Å². The molecular formula is C5H11F3N2. The van der Waals surface area contributed by atoms with Gasteiger partial charge in [-0.05, 0) is 14.0 Å². The average molecular weight is 156 g/mol. The monoisotopic (exact) mass is 156 g/mol. The van der Waals surface area contributed by atoms with E-state index in [9.17, 15) is 13.2 Å². The largest absolute Gasteiger partial charge is 0.401 e. The fourth-order valence-corrected chi connectivity index (χ4v) is 0.371. The van der Waals surface area contributed by atoms with Crippen molar-refractivity contribution in [3.05, 3.63) is 0 Å². The second-order valence-corrected chi connectivity index (χ2v) is 2.01. The summed E-state index contributed by atoms with van der Waals surface area (Å²) in [6.45, 7) is 0.667. The normalized spacial score (nSPS) is 15.3. The number of halogens is 3. The second kappa shape index (κ2) is 3.78. The topological polar surface area (TPSA) is 24.1 Å². The van der Waals surface area contributed by atoms with E-state index in [0.717, 1.165) is 0 Å². The zero-order valence-electron chi connectivity index (χ0n) is 5.92. The molecule has 0 aromatic rings. The first-order valence-corrected chi connectivity index (χ1v) is 2.93. The zero-order chi connectivity index (χ0) is 8.20. The van der Waals surface area contributed by atoms with Gasteiger partial charge in [-0.15, -0.1) is 0 Å². The summed E-state index contributed by atoms with van der Waals surface area (Å²) in [5.74, 6) is 0. The molecule has 0 aromatic heterocycles. The molecule has 0 spiro atoms. The van der Waals surface area contributed by atoms with E-state index in [1.807, 2.05) is 0 Å². The van der Waals surface area contributed by atoms with Gasteiger partial charge in [-0.1, -0.05) is 0 Å². The van der Waals surface area contributed by atoms with E-state index in [1.165, 1.54) is 0 Å². The number of alkyl halides is 3. The first kappa shape index (κ1) is 9.71. The molecule has 5 heteroatoms. The van der Waals surface area contributed by atoms with Crippen molar-refractivity contribution in [2.24, 2.45) is 0 Å². The standard InChI is InChI=1S/C5H11F3N2/c1-4(9-2)10-3-5(6,7)8/h4,9-10H,3H2,1-2H3. The molecule has 0 amide bonds. The fourth-order valence-electron chi connectivity index (χ4n) is 0.371. The number of hydrogen-bond donors (Lipinski definition) is 2. The number of hydrogen-bond acceptors (Lipinski definition) is 2. The molecule has 62 valence electrons. The highest BCUT2D eigenvalue weighted by atomic mass is 19.4. The molecule has 0 saturated heterocycles. The van der Waals surface area contributed by atoms with Crippen LogP contribution < -0.4 is 10.6 Å². The van der Waals surface area contributed by atoms with Gasteiger partial charge in [0.15, 0.2) is 0 Å². The lowest BCUT2D eigenvalue weighted by molar-refractivity contribution is -0.126. The summed E-state index contributed by atoms with van der Waals surface area (Å²) >= 11 is 0. The van der Waals surface area contributed by atoms with Gasteiger partial charge in [0.25, 0.3) is 0 Å². The van der Waals surface area contributed by atoms with Gasteiger partial charge in [0.05, 0.1) is 12.7 Å². The van der Waals surface area contributed by atoms with Crippen LogP contribution in [0, 0.1) is 0 Å². The second-order valence-electron chi connectivity index (χ2n) is 2.01. The molecule has 1 unspecified atom stereocenters. The van der Waals surface area contributed by atoms with E-state index in [-0.39, 0.29) is 6.17 Å². The lowest BCUT2D eigenvalue weighted by Crippen LogP contribution is -2.42. The smallest absolute Gasteiger partial charge is 0.305 e. The SMILES string of the molecule is CNC(C)NCC(F)(F)F. The van der Waals surface area contributed by atoms with Crippen molar-refractivity contribution in [1.29, 1.82) is 0 Å². The molecule has 1 atom stereocenters. The Labute approximate surface area is 57.8 Å². The van der Waals surface area contributed by atoms with E-state index < -0.39 is 12.7 Å². The zero-order valence-corrected chi connectivity index (χ0v) is 5.92. The Hall–Kier alpha value is -0.290. The summed E-state index contributed by atoms with van der Waals surface area (Å²) in [6, 6.07) is 0. The first-order valence-electron chi connectivity index (χ1n) is 2.93. The van der Waals surface area contributed by atoms with Crippen molar-refractivity contribution in [2.75, 3.05) is 13.6 Å². The molecule has 0 aliphatic carbocycles. The lowest BCUT2D eigenvalue weighted by Gasteiger charge is -2.13. The quantitative estimate of drug-likeness (QED) is 0.588. The highest BCUT2D eigenvalue weighted by Gasteiger charge is 2.26. The van der Waals surface area contributed by atoms with E-state index in [1.54, 1.807) is 14.0 Å². The van der Waals surface area contributed by atoms with Crippen LogP contribution in [0.4, 0.5) is 13.2 Å². The molecule has 0 fully saturated rings. The maximum atomic E-state index is 11.5. The van der Waals surface area contributed by atoms with Crippen LogP contribution in [0.3, 0.4) is 0 Å². The molecule has 2 N–H and O–H groups in total. The highest BCUT2D eigenvalue weighted by molar-refractivity contribution is 4.59. The molecule has 0 saturated carbocycles. The third-order valence-corrected chi connectivity index (χ3v) is 1.04. The Morgan fingerprint density at radius 2 is 1.90 bits per heavy atom. The molecule has 0 heterocycles. The molecule has 0 aliphatic rings. The highest BCUT2D eigenvalue weighted by Crippen LogP contribution is 2.12. The van der Waals surface area contributed by atoms with Crippen molar-refractivity contribution in [3.8, 4) is 0 Å². The van der Waals surface area contributed by atoms with Gasteiger partial charge in [-0.2, -0.15) is 13.2 Å². The van der Waals surface area contributed by atoms with Crippen molar-refractivity contribution in [3.63, 3.8) is 0 Å². The van der Waals surface area contributed by atoms with Gasteiger partial charge < -0.3 is 5.32 Å². The van der Waals surface area contributed by atoms with Gasteiger partial charge >= 0.3 is 6.18 Å². The van der Waals surface area contributed by atoms with E-state index in [2.05, 4.69) is 10.6 Å². The Morgan fingerprint density at radius 3 is 2.20 bits per heavy atom. The Bertz CT molecular complexity index is 91.4. The van der Waals surface area contributed by atoms with Crippen LogP contribution in [-0.2, 0) is 0 Å². The summed E-state index contributed by atoms with van der Waals surface area (Å²) in [5, 5.41) is 4.86. The predicted molar refractivity (Wildman–Crippen MR) is 32.6 cm³/mol. The van der Waals surface area contributed by atoms with Crippen LogP contribution in [0.25, 0.3) is 0 Å². The van der Waals surface area contributed by atoms with Crippen LogP contribution in [0.15, 0.2) is 0 Å². The van der Waals surface area contributed by atoms with Crippen LogP contribution in [0.1, 0.15) is 6.92 Å². The summed E-state index contributed by atoms with van der Waals surface area (Å²) in [6.07, 6.45) is -4.42. The van der Waals surface area contributed by atoms with Crippen molar-refractivity contribution < 1.29 is 13.2 Å². The van der Waals surface area contributed by atoms with Gasteiger partial charge in [0.1, 0.15) is 0 Å². The van der Waals surface area contributed by atoms with Crippen LogP contribution in [-0.4, -0.2) is 25.9 Å². The van der Waals surface area contributed by atoms with E-state index in [4.69, 9.17) is 0 Å². The summed E-state index contributed by atoms with van der Waals surface area (Å²) < 4.78 is 34.4. The average Bonchev–Trinajstić information content (AvgIpc) is 1.81. The fraction of sp³-hybridized carbons (Fsp3) is 1.00. The Morgan fingerprint density at radius 1 is 1.40 bits per heavy atom. The maximum absolute atomic E-state index is 11.5. The van der Waals surface area contributed by atoms with Crippen molar-refractivity contribution in [2.45, 2.75) is 19.3 Å². The van der Waals surface area contributed by atoms with Crippen LogP contribution >= 0.6 is 0 Å². The van der Waals surface area contributed by atoms with Crippen LogP contribution in [0.2, 0.25) is 0 Å². The summed E-state index contributed by atoms with van der Waals surface area (Å²) in [5.41, 5.74) is 0. The number of rotatable bonds is 3. The Kier molecular flexibility index (Phi) is 3.67. The van der Waals surface area contributed by atoms with Crippen LogP contribution in [0.5, 0.6) is 0 Å². The molecule has 0 bridgehead atoms. The molecular weight excluding hydrogens is 145 g/mol. The molecule has 10 heavy (non-hydrogen) atoms. The van der Waals surface area contributed by atoms with Crippen molar-refractivity contribution >= 4 is 0 Å². The van der Waals surface area contributed by atoms with Gasteiger partial charge in [0.2, 0.25) is 0 Å². The molecule has 2 nitrogen and oxygen atoms in total. The summed E-state index contributed by atoms with van der Waals surface area (Å²) in [4.78, 5) is 0. The predicted octanol–water partition coefficient (Wildman–Crippen LogP) is 0.704. The molecule has 0 aliphatic heterocycles. The third kappa shape index (κ3) is 5.84. The number of nitrogens with one attached hydrogen (secondary N) is 2. The molecule has 0 rings (SSSR count). The minimum absolute atomic E-state index is 0.304. The van der Waals surface area contributed by atoms with Crippen molar-refractivity contribution in [1.82, 2.24) is 10.6 Å². The summed E-state index contributed by atoms with van der Waals surface area (Å²) in [7, 11) is 1.59. The molecule has 0 radical (unpaired) electrons. The molecule has 0 aromatic carbocycles. The third-order valence-electron chi connectivity index (χ3n) is 1.04. The minimum atomic E-state index is -4.12. The van der Waals surface area contributed by atoms with E-state index >= 15 is 0 Å². The first-order chi connectivity index (χ1) is 4.45. The maximum Gasteiger partial charge on any atom is 0.401 e. The van der Waals surface area contributed by atoms with Gasteiger partial charge in [-0.3, -0.25) is 5.32 Å². The Balaban J connectivity index is 3.36. The van der Waals surface area contributed by atoms with Gasteiger partial charge in [0, 0.05) is 0 Å². The van der Waals surface area contributed by atoms with Gasteiger partial charge in [-0.25, -0.2) is 0 Å². The lowest BCUT2D eigenvalue weighted by atomic mass is 10.5. The minimum Gasteiger partial charge on any atom is -0.305 e.